The number of para-hydroxylation sites is 1. The zero-order chi connectivity index (χ0) is 22.6. The van der Waals surface area contributed by atoms with Gasteiger partial charge in [0.1, 0.15) is 5.75 Å². The summed E-state index contributed by atoms with van der Waals surface area (Å²) in [5.41, 5.74) is 8.98. The van der Waals surface area contributed by atoms with E-state index < -0.39 is 0 Å². The molecule has 1 aliphatic carbocycles. The predicted molar refractivity (Wildman–Crippen MR) is 127 cm³/mol. The van der Waals surface area contributed by atoms with Crippen LogP contribution in [0.1, 0.15) is 38.5 Å². The second-order valence-electron chi connectivity index (χ2n) is 9.22. The van der Waals surface area contributed by atoms with Gasteiger partial charge in [-0.05, 0) is 75.7 Å². The number of nitrogens with zero attached hydrogens (tertiary/aromatic N) is 4. The van der Waals surface area contributed by atoms with E-state index in [1.165, 1.54) is 19.3 Å². The molecule has 3 aromatic rings. The number of aromatic nitrogens is 4. The molecule has 0 unspecified atom stereocenters. The quantitative estimate of drug-likeness (QED) is 0.483. The van der Waals surface area contributed by atoms with Crippen LogP contribution < -0.4 is 11.1 Å². The standard InChI is InChI=1S/C25H32N6O2/c26-25-22(14-23(29-30-25)21-5-1-2-6-24(21)32)18-15-28-31(16-18)11-3-4-17-12-20(13-17)33-19-7-9-27-10-8-19/h1-2,5-6,14-17,19-20,27,32H,3-4,7-13H2,(H2,26,30). The first-order valence-corrected chi connectivity index (χ1v) is 12.0. The summed E-state index contributed by atoms with van der Waals surface area (Å²) >= 11 is 0. The Kier molecular flexibility index (Phi) is 6.55. The second-order valence-corrected chi connectivity index (χ2v) is 9.22. The first-order valence-electron chi connectivity index (χ1n) is 12.0. The van der Waals surface area contributed by atoms with E-state index in [-0.39, 0.29) is 5.75 Å². The fraction of sp³-hybridized carbons (Fsp3) is 0.480. The van der Waals surface area contributed by atoms with Crippen LogP contribution in [0.15, 0.2) is 42.7 Å². The zero-order valence-corrected chi connectivity index (χ0v) is 18.9. The van der Waals surface area contributed by atoms with Crippen molar-refractivity contribution in [3.05, 3.63) is 42.7 Å². The van der Waals surface area contributed by atoms with Crippen molar-refractivity contribution >= 4 is 5.82 Å². The number of hydrogen-bond donors (Lipinski definition) is 3. The summed E-state index contributed by atoms with van der Waals surface area (Å²) in [6.07, 6.45) is 11.7. The summed E-state index contributed by atoms with van der Waals surface area (Å²) in [5.74, 6) is 1.29. The molecule has 0 bridgehead atoms. The van der Waals surface area contributed by atoms with Crippen molar-refractivity contribution in [1.29, 1.82) is 0 Å². The maximum Gasteiger partial charge on any atom is 0.154 e. The molecule has 2 fully saturated rings. The Hall–Kier alpha value is -2.97. The van der Waals surface area contributed by atoms with Crippen LogP contribution in [0.4, 0.5) is 5.82 Å². The molecule has 174 valence electrons. The van der Waals surface area contributed by atoms with Crippen LogP contribution in [0.5, 0.6) is 5.75 Å². The molecule has 33 heavy (non-hydrogen) atoms. The highest BCUT2D eigenvalue weighted by Gasteiger charge is 2.31. The molecule has 0 spiro atoms. The minimum Gasteiger partial charge on any atom is -0.507 e. The molecule has 1 aromatic carbocycles. The third-order valence-electron chi connectivity index (χ3n) is 6.81. The Bertz CT molecular complexity index is 1070. The molecule has 8 heteroatoms. The molecule has 0 atom stereocenters. The number of ether oxygens (including phenoxy) is 1. The van der Waals surface area contributed by atoms with Crippen LogP contribution >= 0.6 is 0 Å². The number of nitrogens with two attached hydrogens (primary N) is 1. The lowest BCUT2D eigenvalue weighted by Gasteiger charge is -2.38. The van der Waals surface area contributed by atoms with Crippen molar-refractivity contribution in [3.8, 4) is 28.1 Å². The Balaban J connectivity index is 1.13. The molecule has 4 N–H and O–H groups in total. The largest absolute Gasteiger partial charge is 0.507 e. The number of hydrogen-bond acceptors (Lipinski definition) is 7. The number of piperidine rings is 1. The highest BCUT2D eigenvalue weighted by atomic mass is 16.5. The monoisotopic (exact) mass is 448 g/mol. The molecular weight excluding hydrogens is 416 g/mol. The molecule has 2 aliphatic rings. The molecule has 0 amide bonds. The van der Waals surface area contributed by atoms with E-state index >= 15 is 0 Å². The van der Waals surface area contributed by atoms with Gasteiger partial charge in [0, 0.05) is 29.4 Å². The van der Waals surface area contributed by atoms with Crippen molar-refractivity contribution < 1.29 is 9.84 Å². The first kappa shape index (κ1) is 21.9. The minimum atomic E-state index is 0.164. The second kappa shape index (κ2) is 9.89. The zero-order valence-electron chi connectivity index (χ0n) is 18.9. The van der Waals surface area contributed by atoms with Gasteiger partial charge in [-0.15, -0.1) is 10.2 Å². The number of phenols is 1. The molecular formula is C25H32N6O2. The Morgan fingerprint density at radius 2 is 1.91 bits per heavy atom. The summed E-state index contributed by atoms with van der Waals surface area (Å²) in [4.78, 5) is 0. The van der Waals surface area contributed by atoms with Crippen LogP contribution in [-0.4, -0.2) is 50.4 Å². The van der Waals surface area contributed by atoms with Crippen molar-refractivity contribution in [2.75, 3.05) is 18.8 Å². The fourth-order valence-electron chi connectivity index (χ4n) is 4.85. The maximum absolute atomic E-state index is 10.1. The summed E-state index contributed by atoms with van der Waals surface area (Å²) in [6.45, 7) is 3.05. The average Bonchev–Trinajstić information content (AvgIpc) is 3.27. The van der Waals surface area contributed by atoms with Crippen LogP contribution in [0.25, 0.3) is 22.4 Å². The fourth-order valence-corrected chi connectivity index (χ4v) is 4.85. The lowest BCUT2D eigenvalue weighted by atomic mass is 9.79. The molecule has 1 saturated heterocycles. The molecule has 2 aromatic heterocycles. The van der Waals surface area contributed by atoms with E-state index in [0.29, 0.717) is 29.3 Å². The highest BCUT2D eigenvalue weighted by Crippen LogP contribution is 2.35. The Morgan fingerprint density at radius 3 is 2.73 bits per heavy atom. The van der Waals surface area contributed by atoms with Gasteiger partial charge >= 0.3 is 0 Å². The summed E-state index contributed by atoms with van der Waals surface area (Å²) in [7, 11) is 0. The van der Waals surface area contributed by atoms with E-state index in [1.807, 2.05) is 35.3 Å². The van der Waals surface area contributed by atoms with E-state index in [4.69, 9.17) is 10.5 Å². The number of anilines is 1. The van der Waals surface area contributed by atoms with Crippen LogP contribution in [0.2, 0.25) is 0 Å². The average molecular weight is 449 g/mol. The van der Waals surface area contributed by atoms with Gasteiger partial charge in [-0.3, -0.25) is 4.68 Å². The number of nitrogen functional groups attached to an aromatic ring is 1. The Morgan fingerprint density at radius 1 is 1.09 bits per heavy atom. The van der Waals surface area contributed by atoms with Crippen molar-refractivity contribution in [1.82, 2.24) is 25.3 Å². The Labute approximate surface area is 194 Å². The van der Waals surface area contributed by atoms with Crippen LogP contribution in [0, 0.1) is 5.92 Å². The lowest BCUT2D eigenvalue weighted by Crippen LogP contribution is -2.39. The van der Waals surface area contributed by atoms with Crippen molar-refractivity contribution in [2.45, 2.75) is 57.3 Å². The predicted octanol–water partition coefficient (Wildman–Crippen LogP) is 3.62. The van der Waals surface area contributed by atoms with Crippen LogP contribution in [0.3, 0.4) is 0 Å². The topological polar surface area (TPSA) is 111 Å². The smallest absolute Gasteiger partial charge is 0.154 e. The summed E-state index contributed by atoms with van der Waals surface area (Å²) in [6, 6.07) is 8.93. The van der Waals surface area contributed by atoms with Gasteiger partial charge in [0.25, 0.3) is 0 Å². The highest BCUT2D eigenvalue weighted by molar-refractivity contribution is 5.78. The van der Waals surface area contributed by atoms with E-state index in [9.17, 15) is 5.11 Å². The number of rotatable bonds is 8. The first-order chi connectivity index (χ1) is 16.2. The normalized spacial score (nSPS) is 21.1. The van der Waals surface area contributed by atoms with Gasteiger partial charge in [0.05, 0.1) is 24.1 Å². The third kappa shape index (κ3) is 5.17. The number of nitrogens with one attached hydrogen (secondary N) is 1. The number of benzene rings is 1. The van der Waals surface area contributed by atoms with Gasteiger partial charge in [0.2, 0.25) is 0 Å². The van der Waals surface area contributed by atoms with Crippen LogP contribution in [-0.2, 0) is 11.3 Å². The number of aryl methyl sites for hydroxylation is 1. The van der Waals surface area contributed by atoms with Gasteiger partial charge in [-0.25, -0.2) is 0 Å². The van der Waals surface area contributed by atoms with Gasteiger partial charge in [0.15, 0.2) is 5.82 Å². The molecule has 5 rings (SSSR count). The molecule has 1 aliphatic heterocycles. The van der Waals surface area contributed by atoms with Gasteiger partial charge in [-0.2, -0.15) is 5.10 Å². The van der Waals surface area contributed by atoms with E-state index in [1.54, 1.807) is 12.1 Å². The SMILES string of the molecule is Nc1nnc(-c2ccccc2O)cc1-c1cnn(CCCC2CC(OC3CCNCC3)C2)c1. The van der Waals surface area contributed by atoms with Crippen molar-refractivity contribution in [3.63, 3.8) is 0 Å². The summed E-state index contributed by atoms with van der Waals surface area (Å²) < 4.78 is 8.21. The third-order valence-corrected chi connectivity index (χ3v) is 6.81. The lowest BCUT2D eigenvalue weighted by molar-refractivity contribution is -0.0860. The summed E-state index contributed by atoms with van der Waals surface area (Å²) in [5, 5.41) is 26.3. The van der Waals surface area contributed by atoms with Gasteiger partial charge < -0.3 is 20.9 Å². The molecule has 3 heterocycles. The molecule has 0 radical (unpaired) electrons. The number of phenolic OH excluding ortho intramolecular Hbond substituents is 1. The van der Waals surface area contributed by atoms with Gasteiger partial charge in [-0.1, -0.05) is 12.1 Å². The molecule has 8 nitrogen and oxygen atoms in total. The number of aromatic hydroxyl groups is 1. The molecule has 1 saturated carbocycles. The maximum atomic E-state index is 10.1. The minimum absolute atomic E-state index is 0.164. The van der Waals surface area contributed by atoms with E-state index in [0.717, 1.165) is 55.9 Å². The van der Waals surface area contributed by atoms with E-state index in [2.05, 4.69) is 20.6 Å². The van der Waals surface area contributed by atoms with Crippen molar-refractivity contribution in [2.24, 2.45) is 5.92 Å².